The third-order valence-electron chi connectivity index (χ3n) is 4.59. The average molecular weight is 391 g/mol. The molecule has 0 radical (unpaired) electrons. The quantitative estimate of drug-likeness (QED) is 0.602. The smallest absolute Gasteiger partial charge is 0.251 e. The molecule has 0 aliphatic heterocycles. The fourth-order valence-corrected chi connectivity index (χ4v) is 2.96. The molecule has 0 aliphatic carbocycles. The van der Waals surface area contributed by atoms with Crippen molar-refractivity contribution < 1.29 is 14.3 Å². The van der Waals surface area contributed by atoms with E-state index in [0.29, 0.717) is 29.4 Å². The standard InChI is InChI=1S/C23H25N3O3/c1-16(18-7-5-4-6-8-18)26-23(27)19-11-12-24-22(14-19)25-15-17-9-10-20(28-2)21(13-17)29-3/h4-14,16H,15H2,1-3H3,(H,24,25)(H,26,27). The Kier molecular flexibility index (Phi) is 6.68. The number of nitrogens with zero attached hydrogens (tertiary/aromatic N) is 1. The Morgan fingerprint density at radius 3 is 2.48 bits per heavy atom. The van der Waals surface area contributed by atoms with Crippen LogP contribution < -0.4 is 20.1 Å². The number of nitrogens with one attached hydrogen (secondary N) is 2. The van der Waals surface area contributed by atoms with E-state index < -0.39 is 0 Å². The van der Waals surface area contributed by atoms with Crippen LogP contribution in [0, 0.1) is 0 Å². The zero-order valence-corrected chi connectivity index (χ0v) is 16.8. The van der Waals surface area contributed by atoms with Gasteiger partial charge in [0.1, 0.15) is 5.82 Å². The van der Waals surface area contributed by atoms with Gasteiger partial charge in [-0.3, -0.25) is 4.79 Å². The summed E-state index contributed by atoms with van der Waals surface area (Å²) in [5.41, 5.74) is 2.62. The molecule has 6 heteroatoms. The van der Waals surface area contributed by atoms with Gasteiger partial charge in [-0.25, -0.2) is 4.98 Å². The van der Waals surface area contributed by atoms with Crippen LogP contribution in [0.2, 0.25) is 0 Å². The highest BCUT2D eigenvalue weighted by Gasteiger charge is 2.12. The molecule has 0 bridgehead atoms. The van der Waals surface area contributed by atoms with E-state index in [1.54, 1.807) is 32.5 Å². The van der Waals surface area contributed by atoms with Crippen molar-refractivity contribution in [2.45, 2.75) is 19.5 Å². The van der Waals surface area contributed by atoms with E-state index in [1.165, 1.54) is 0 Å². The van der Waals surface area contributed by atoms with Crippen molar-refractivity contribution in [1.29, 1.82) is 0 Å². The van der Waals surface area contributed by atoms with Gasteiger partial charge in [0.25, 0.3) is 5.91 Å². The summed E-state index contributed by atoms with van der Waals surface area (Å²) < 4.78 is 10.6. The molecule has 1 aromatic heterocycles. The van der Waals surface area contributed by atoms with Crippen LogP contribution in [-0.2, 0) is 6.54 Å². The van der Waals surface area contributed by atoms with Crippen molar-refractivity contribution in [2.24, 2.45) is 0 Å². The summed E-state index contributed by atoms with van der Waals surface area (Å²) in [6, 6.07) is 18.9. The summed E-state index contributed by atoms with van der Waals surface area (Å²) >= 11 is 0. The van der Waals surface area contributed by atoms with Crippen LogP contribution in [0.25, 0.3) is 0 Å². The van der Waals surface area contributed by atoms with Crippen LogP contribution in [-0.4, -0.2) is 25.1 Å². The van der Waals surface area contributed by atoms with Crippen molar-refractivity contribution >= 4 is 11.7 Å². The van der Waals surface area contributed by atoms with Gasteiger partial charge < -0.3 is 20.1 Å². The number of aromatic nitrogens is 1. The van der Waals surface area contributed by atoms with Gasteiger partial charge in [-0.2, -0.15) is 0 Å². The van der Waals surface area contributed by atoms with Gasteiger partial charge >= 0.3 is 0 Å². The maximum Gasteiger partial charge on any atom is 0.251 e. The monoisotopic (exact) mass is 391 g/mol. The molecule has 0 saturated heterocycles. The first-order valence-corrected chi connectivity index (χ1v) is 9.37. The summed E-state index contributed by atoms with van der Waals surface area (Å²) in [5, 5.41) is 6.26. The highest BCUT2D eigenvalue weighted by atomic mass is 16.5. The van der Waals surface area contributed by atoms with Gasteiger partial charge in [0.05, 0.1) is 20.3 Å². The molecule has 29 heavy (non-hydrogen) atoms. The molecule has 1 heterocycles. The van der Waals surface area contributed by atoms with Crippen LogP contribution in [0.15, 0.2) is 66.9 Å². The Bertz CT molecular complexity index is 961. The van der Waals surface area contributed by atoms with E-state index in [9.17, 15) is 4.79 Å². The summed E-state index contributed by atoms with van der Waals surface area (Å²) in [6.07, 6.45) is 1.62. The van der Waals surface area contributed by atoms with Crippen molar-refractivity contribution in [3.05, 3.63) is 83.6 Å². The lowest BCUT2D eigenvalue weighted by Crippen LogP contribution is -2.26. The van der Waals surface area contributed by atoms with Gasteiger partial charge in [0.15, 0.2) is 11.5 Å². The summed E-state index contributed by atoms with van der Waals surface area (Å²) in [7, 11) is 3.21. The van der Waals surface area contributed by atoms with E-state index in [4.69, 9.17) is 9.47 Å². The largest absolute Gasteiger partial charge is 0.493 e. The van der Waals surface area contributed by atoms with E-state index in [0.717, 1.165) is 11.1 Å². The first-order chi connectivity index (χ1) is 14.1. The van der Waals surface area contributed by atoms with E-state index >= 15 is 0 Å². The minimum atomic E-state index is -0.141. The number of hydrogen-bond donors (Lipinski definition) is 2. The molecule has 1 atom stereocenters. The summed E-state index contributed by atoms with van der Waals surface area (Å²) in [6.45, 7) is 2.50. The summed E-state index contributed by atoms with van der Waals surface area (Å²) in [5.74, 6) is 1.83. The molecule has 1 amide bonds. The van der Waals surface area contributed by atoms with Crippen LogP contribution in [0.3, 0.4) is 0 Å². The predicted octanol–water partition coefficient (Wildman–Crippen LogP) is 4.20. The molecule has 2 aromatic carbocycles. The maximum atomic E-state index is 12.6. The highest BCUT2D eigenvalue weighted by molar-refractivity contribution is 5.95. The summed E-state index contributed by atoms with van der Waals surface area (Å²) in [4.78, 5) is 16.9. The number of benzene rings is 2. The molecule has 0 spiro atoms. The zero-order chi connectivity index (χ0) is 20.6. The number of anilines is 1. The predicted molar refractivity (Wildman–Crippen MR) is 113 cm³/mol. The SMILES string of the molecule is COc1ccc(CNc2cc(C(=O)NC(C)c3ccccc3)ccn2)cc1OC. The Labute approximate surface area is 170 Å². The molecule has 3 rings (SSSR count). The second kappa shape index (κ2) is 9.59. The lowest BCUT2D eigenvalue weighted by atomic mass is 10.1. The molecule has 0 fully saturated rings. The van der Waals surface area contributed by atoms with E-state index in [1.807, 2.05) is 55.5 Å². The molecule has 3 aromatic rings. The molecule has 150 valence electrons. The lowest BCUT2D eigenvalue weighted by Gasteiger charge is -2.15. The molecule has 6 nitrogen and oxygen atoms in total. The molecule has 0 aliphatic rings. The van der Waals surface area contributed by atoms with Crippen molar-refractivity contribution in [3.8, 4) is 11.5 Å². The minimum Gasteiger partial charge on any atom is -0.493 e. The van der Waals surface area contributed by atoms with Gasteiger partial charge in [-0.1, -0.05) is 36.4 Å². The van der Waals surface area contributed by atoms with Crippen LogP contribution in [0.1, 0.15) is 34.5 Å². The number of amides is 1. The van der Waals surface area contributed by atoms with Crippen molar-refractivity contribution in [2.75, 3.05) is 19.5 Å². The van der Waals surface area contributed by atoms with Crippen LogP contribution >= 0.6 is 0 Å². The van der Waals surface area contributed by atoms with Crippen LogP contribution in [0.4, 0.5) is 5.82 Å². The first-order valence-electron chi connectivity index (χ1n) is 9.37. The van der Waals surface area contributed by atoms with E-state index in [-0.39, 0.29) is 11.9 Å². The molecular weight excluding hydrogens is 366 g/mol. The second-order valence-corrected chi connectivity index (χ2v) is 6.58. The third-order valence-corrected chi connectivity index (χ3v) is 4.59. The highest BCUT2D eigenvalue weighted by Crippen LogP contribution is 2.27. The molecule has 2 N–H and O–H groups in total. The van der Waals surface area contributed by atoms with Gasteiger partial charge in [-0.05, 0) is 42.3 Å². The van der Waals surface area contributed by atoms with E-state index in [2.05, 4.69) is 15.6 Å². The number of carbonyl (C=O) groups excluding carboxylic acids is 1. The Hall–Kier alpha value is -3.54. The lowest BCUT2D eigenvalue weighted by molar-refractivity contribution is 0.0940. The number of pyridine rings is 1. The second-order valence-electron chi connectivity index (χ2n) is 6.58. The molecule has 0 saturated carbocycles. The Morgan fingerprint density at radius 1 is 1.00 bits per heavy atom. The Morgan fingerprint density at radius 2 is 1.76 bits per heavy atom. The van der Waals surface area contributed by atoms with Crippen LogP contribution in [0.5, 0.6) is 11.5 Å². The first kappa shape index (κ1) is 20.2. The fraction of sp³-hybridized carbons (Fsp3) is 0.217. The fourth-order valence-electron chi connectivity index (χ4n) is 2.96. The number of ether oxygens (including phenoxy) is 2. The normalized spacial score (nSPS) is 11.4. The number of hydrogen-bond acceptors (Lipinski definition) is 5. The van der Waals surface area contributed by atoms with Gasteiger partial charge in [0.2, 0.25) is 0 Å². The van der Waals surface area contributed by atoms with Crippen molar-refractivity contribution in [3.63, 3.8) is 0 Å². The maximum absolute atomic E-state index is 12.6. The number of methoxy groups -OCH3 is 2. The van der Waals surface area contributed by atoms with Gasteiger partial charge in [-0.15, -0.1) is 0 Å². The minimum absolute atomic E-state index is 0.0833. The number of rotatable bonds is 8. The zero-order valence-electron chi connectivity index (χ0n) is 16.8. The number of carbonyl (C=O) groups is 1. The van der Waals surface area contributed by atoms with Gasteiger partial charge in [0, 0.05) is 18.3 Å². The third kappa shape index (κ3) is 5.25. The Balaban J connectivity index is 1.64. The molecule has 1 unspecified atom stereocenters. The average Bonchev–Trinajstić information content (AvgIpc) is 2.78. The van der Waals surface area contributed by atoms with Crippen molar-refractivity contribution in [1.82, 2.24) is 10.3 Å². The topological polar surface area (TPSA) is 72.5 Å². The molecular formula is C23H25N3O3.